The standard InChI is InChI=1S/C11H20ClNO2/c1-4-11(3,7-12)13-10(14)9-6-5-8(2)15-9/h8-9H,4-7H2,1-3H3,(H,13,14). The van der Waals surface area contributed by atoms with Crippen LogP contribution in [-0.4, -0.2) is 29.5 Å². The minimum absolute atomic E-state index is 0.0237. The van der Waals surface area contributed by atoms with E-state index in [1.807, 2.05) is 20.8 Å². The van der Waals surface area contributed by atoms with E-state index in [0.717, 1.165) is 19.3 Å². The molecule has 1 N–H and O–H groups in total. The molecule has 0 saturated carbocycles. The molecule has 1 aliphatic heterocycles. The zero-order valence-electron chi connectivity index (χ0n) is 9.68. The van der Waals surface area contributed by atoms with Crippen molar-refractivity contribution in [2.24, 2.45) is 0 Å². The summed E-state index contributed by atoms with van der Waals surface area (Å²) < 4.78 is 5.50. The molecule has 0 aliphatic carbocycles. The van der Waals surface area contributed by atoms with Crippen LogP contribution in [-0.2, 0) is 9.53 Å². The van der Waals surface area contributed by atoms with Gasteiger partial charge in [-0.2, -0.15) is 0 Å². The number of amides is 1. The molecule has 1 saturated heterocycles. The fourth-order valence-electron chi connectivity index (χ4n) is 1.59. The van der Waals surface area contributed by atoms with Gasteiger partial charge in [-0.25, -0.2) is 0 Å². The zero-order chi connectivity index (χ0) is 11.5. The molecule has 15 heavy (non-hydrogen) atoms. The van der Waals surface area contributed by atoms with Crippen LogP contribution in [0.1, 0.15) is 40.0 Å². The summed E-state index contributed by atoms with van der Waals surface area (Å²) in [4.78, 5) is 11.8. The average Bonchev–Trinajstić information content (AvgIpc) is 2.65. The normalized spacial score (nSPS) is 29.9. The smallest absolute Gasteiger partial charge is 0.249 e. The lowest BCUT2D eigenvalue weighted by atomic mass is 10.0. The molecule has 1 fully saturated rings. The highest BCUT2D eigenvalue weighted by Crippen LogP contribution is 2.20. The zero-order valence-corrected chi connectivity index (χ0v) is 10.4. The summed E-state index contributed by atoms with van der Waals surface area (Å²) in [6.07, 6.45) is 2.51. The molecule has 1 aliphatic rings. The van der Waals surface area contributed by atoms with Crippen molar-refractivity contribution >= 4 is 17.5 Å². The molecule has 1 amide bonds. The first kappa shape index (κ1) is 12.8. The second-order valence-corrected chi connectivity index (χ2v) is 4.82. The van der Waals surface area contributed by atoms with E-state index in [9.17, 15) is 4.79 Å². The van der Waals surface area contributed by atoms with Gasteiger partial charge >= 0.3 is 0 Å². The first-order valence-corrected chi connectivity index (χ1v) is 6.07. The van der Waals surface area contributed by atoms with Crippen molar-refractivity contribution in [3.05, 3.63) is 0 Å². The Hall–Kier alpha value is -0.280. The summed E-state index contributed by atoms with van der Waals surface area (Å²) in [5, 5.41) is 2.96. The second kappa shape index (κ2) is 5.17. The van der Waals surface area contributed by atoms with Crippen molar-refractivity contribution < 1.29 is 9.53 Å². The van der Waals surface area contributed by atoms with Crippen molar-refractivity contribution in [2.45, 2.75) is 57.8 Å². The van der Waals surface area contributed by atoms with Crippen LogP contribution >= 0.6 is 11.6 Å². The van der Waals surface area contributed by atoms with Crippen LogP contribution in [0.4, 0.5) is 0 Å². The Kier molecular flexibility index (Phi) is 4.41. The third-order valence-electron chi connectivity index (χ3n) is 3.02. The molecule has 0 radical (unpaired) electrons. The van der Waals surface area contributed by atoms with Crippen molar-refractivity contribution in [1.29, 1.82) is 0 Å². The second-order valence-electron chi connectivity index (χ2n) is 4.55. The van der Waals surface area contributed by atoms with Gasteiger partial charge in [-0.15, -0.1) is 11.6 Å². The first-order valence-electron chi connectivity index (χ1n) is 5.54. The highest BCUT2D eigenvalue weighted by atomic mass is 35.5. The summed E-state index contributed by atoms with van der Waals surface area (Å²) in [7, 11) is 0. The van der Waals surface area contributed by atoms with Crippen LogP contribution in [0.15, 0.2) is 0 Å². The molecule has 0 spiro atoms. The molecule has 3 unspecified atom stereocenters. The summed E-state index contributed by atoms with van der Waals surface area (Å²) in [5.74, 6) is 0.404. The lowest BCUT2D eigenvalue weighted by molar-refractivity contribution is -0.133. The molecule has 88 valence electrons. The van der Waals surface area contributed by atoms with Crippen molar-refractivity contribution in [3.63, 3.8) is 0 Å². The fraction of sp³-hybridized carbons (Fsp3) is 0.909. The Morgan fingerprint density at radius 2 is 2.27 bits per heavy atom. The first-order chi connectivity index (χ1) is 7.00. The molecule has 4 heteroatoms. The number of nitrogens with one attached hydrogen (secondary N) is 1. The van der Waals surface area contributed by atoms with E-state index in [4.69, 9.17) is 16.3 Å². The summed E-state index contributed by atoms with van der Waals surface area (Å²) >= 11 is 5.83. The fourth-order valence-corrected chi connectivity index (χ4v) is 1.85. The predicted octanol–water partition coefficient (Wildman–Crippen LogP) is 2.08. The van der Waals surface area contributed by atoms with E-state index >= 15 is 0 Å². The largest absolute Gasteiger partial charge is 0.365 e. The van der Waals surface area contributed by atoms with E-state index in [2.05, 4.69) is 5.32 Å². The molecule has 3 nitrogen and oxygen atoms in total. The summed E-state index contributed by atoms with van der Waals surface area (Å²) in [6, 6.07) is 0. The van der Waals surface area contributed by atoms with E-state index in [-0.39, 0.29) is 23.7 Å². The van der Waals surface area contributed by atoms with E-state index in [1.165, 1.54) is 0 Å². The lowest BCUT2D eigenvalue weighted by Gasteiger charge is -2.28. The number of rotatable bonds is 4. The molecule has 0 bridgehead atoms. The van der Waals surface area contributed by atoms with Gasteiger partial charge in [0.2, 0.25) is 5.91 Å². The van der Waals surface area contributed by atoms with Crippen molar-refractivity contribution in [2.75, 3.05) is 5.88 Å². The summed E-state index contributed by atoms with van der Waals surface area (Å²) in [5.41, 5.74) is -0.312. The monoisotopic (exact) mass is 233 g/mol. The molecule has 0 aromatic heterocycles. The summed E-state index contributed by atoms with van der Waals surface area (Å²) in [6.45, 7) is 5.96. The van der Waals surface area contributed by atoms with E-state index in [0.29, 0.717) is 5.88 Å². The Labute approximate surface area is 96.5 Å². The third-order valence-corrected chi connectivity index (χ3v) is 3.61. The Morgan fingerprint density at radius 1 is 1.60 bits per heavy atom. The number of hydrogen-bond donors (Lipinski definition) is 1. The number of alkyl halides is 1. The number of ether oxygens (including phenoxy) is 1. The van der Waals surface area contributed by atoms with Crippen LogP contribution < -0.4 is 5.32 Å². The molecule has 0 aromatic rings. The molecular weight excluding hydrogens is 214 g/mol. The quantitative estimate of drug-likeness (QED) is 0.755. The van der Waals surface area contributed by atoms with Gasteiger partial charge in [0.15, 0.2) is 0 Å². The minimum atomic E-state index is -0.312. The SMILES string of the molecule is CCC(C)(CCl)NC(=O)C1CCC(C)O1. The van der Waals surface area contributed by atoms with Gasteiger partial charge < -0.3 is 10.1 Å². The van der Waals surface area contributed by atoms with Gasteiger partial charge in [0.1, 0.15) is 6.10 Å². The Morgan fingerprint density at radius 3 is 2.67 bits per heavy atom. The molecule has 1 heterocycles. The van der Waals surface area contributed by atoms with Gasteiger partial charge in [0.05, 0.1) is 11.6 Å². The third kappa shape index (κ3) is 3.35. The maximum atomic E-state index is 11.8. The number of carbonyl (C=O) groups is 1. The van der Waals surface area contributed by atoms with Gasteiger partial charge in [0.25, 0.3) is 0 Å². The molecule has 0 aromatic carbocycles. The molecule has 1 rings (SSSR count). The van der Waals surface area contributed by atoms with Gasteiger partial charge in [-0.05, 0) is 33.1 Å². The van der Waals surface area contributed by atoms with Gasteiger partial charge in [-0.3, -0.25) is 4.79 Å². The van der Waals surface area contributed by atoms with Gasteiger partial charge in [0, 0.05) is 5.88 Å². The minimum Gasteiger partial charge on any atom is -0.365 e. The Bertz CT molecular complexity index is 229. The average molecular weight is 234 g/mol. The lowest BCUT2D eigenvalue weighted by Crippen LogP contribution is -2.50. The van der Waals surface area contributed by atoms with Crippen LogP contribution in [0.25, 0.3) is 0 Å². The maximum absolute atomic E-state index is 11.8. The van der Waals surface area contributed by atoms with E-state index < -0.39 is 0 Å². The van der Waals surface area contributed by atoms with Crippen molar-refractivity contribution in [3.8, 4) is 0 Å². The molecular formula is C11H20ClNO2. The van der Waals surface area contributed by atoms with Crippen LogP contribution in [0.3, 0.4) is 0 Å². The Balaban J connectivity index is 2.48. The highest BCUT2D eigenvalue weighted by molar-refractivity contribution is 6.18. The predicted molar refractivity (Wildman–Crippen MR) is 61.1 cm³/mol. The van der Waals surface area contributed by atoms with Crippen LogP contribution in [0.5, 0.6) is 0 Å². The van der Waals surface area contributed by atoms with Crippen molar-refractivity contribution in [1.82, 2.24) is 5.32 Å². The molecule has 3 atom stereocenters. The van der Waals surface area contributed by atoms with Crippen LogP contribution in [0, 0.1) is 0 Å². The number of hydrogen-bond acceptors (Lipinski definition) is 2. The maximum Gasteiger partial charge on any atom is 0.249 e. The van der Waals surface area contributed by atoms with Crippen LogP contribution in [0.2, 0.25) is 0 Å². The van der Waals surface area contributed by atoms with Gasteiger partial charge in [-0.1, -0.05) is 6.92 Å². The topological polar surface area (TPSA) is 38.3 Å². The number of carbonyl (C=O) groups excluding carboxylic acids is 1. The van der Waals surface area contributed by atoms with E-state index in [1.54, 1.807) is 0 Å². The highest BCUT2D eigenvalue weighted by Gasteiger charge is 2.32. The number of halogens is 1.